The molecule has 2 aliphatic rings. The van der Waals surface area contributed by atoms with Crippen molar-refractivity contribution in [2.75, 3.05) is 45.7 Å². The van der Waals surface area contributed by atoms with E-state index in [0.29, 0.717) is 29.1 Å². The van der Waals surface area contributed by atoms with Crippen molar-refractivity contribution in [1.29, 1.82) is 0 Å². The molecule has 2 unspecified atom stereocenters. The second kappa shape index (κ2) is 14.7. The largest absolute Gasteiger partial charge is 0.465 e. The van der Waals surface area contributed by atoms with Crippen molar-refractivity contribution >= 4 is 40.2 Å². The lowest BCUT2D eigenvalue weighted by Gasteiger charge is -2.29. The van der Waals surface area contributed by atoms with E-state index in [1.165, 1.54) is 36.6 Å². The Kier molecular flexibility index (Phi) is 11.0. The summed E-state index contributed by atoms with van der Waals surface area (Å²) in [6.45, 7) is 4.39. The fourth-order valence-electron chi connectivity index (χ4n) is 4.75. The predicted octanol–water partition coefficient (Wildman–Crippen LogP) is 5.85. The van der Waals surface area contributed by atoms with Gasteiger partial charge in [0.1, 0.15) is 5.92 Å². The molecule has 2 aliphatic heterocycles. The van der Waals surface area contributed by atoms with Crippen LogP contribution in [-0.4, -0.2) is 67.5 Å². The van der Waals surface area contributed by atoms with E-state index in [9.17, 15) is 4.79 Å². The topological polar surface area (TPSA) is 63.5 Å². The number of ether oxygens (including phenoxy) is 2. The van der Waals surface area contributed by atoms with E-state index in [2.05, 4.69) is 17.0 Å². The summed E-state index contributed by atoms with van der Waals surface area (Å²) in [4.78, 5) is 25.5. The molecule has 37 heavy (non-hydrogen) atoms. The van der Waals surface area contributed by atoms with Crippen LogP contribution in [-0.2, 0) is 20.7 Å². The number of hydrogen-bond donors (Lipinski definition) is 0. The normalized spacial score (nSPS) is 20.3. The summed E-state index contributed by atoms with van der Waals surface area (Å²) in [5.41, 5.74) is 2.81. The van der Waals surface area contributed by atoms with Crippen LogP contribution >= 0.6 is 23.4 Å². The van der Waals surface area contributed by atoms with Crippen LogP contribution in [0.1, 0.15) is 42.9 Å². The van der Waals surface area contributed by atoms with Crippen molar-refractivity contribution in [2.45, 2.75) is 38.1 Å². The minimum atomic E-state index is -0.635. The summed E-state index contributed by atoms with van der Waals surface area (Å²) in [7, 11) is 0. The Balaban J connectivity index is 1.43. The van der Waals surface area contributed by atoms with Gasteiger partial charge in [-0.1, -0.05) is 72.2 Å². The third kappa shape index (κ3) is 8.40. The predicted molar refractivity (Wildman–Crippen MR) is 153 cm³/mol. The monoisotopic (exact) mass is 541 g/mol. The number of rotatable bonds is 11. The Morgan fingerprint density at radius 3 is 2.54 bits per heavy atom. The molecule has 0 aromatic heterocycles. The van der Waals surface area contributed by atoms with Crippen LogP contribution in [0.25, 0.3) is 0 Å². The number of thioether (sulfide) groups is 1. The van der Waals surface area contributed by atoms with E-state index >= 15 is 0 Å². The molecule has 2 aromatic carbocycles. The average molecular weight is 542 g/mol. The average Bonchev–Trinajstić information content (AvgIpc) is 2.94. The first kappa shape index (κ1) is 27.8. The quantitative estimate of drug-likeness (QED) is 0.264. The van der Waals surface area contributed by atoms with E-state index < -0.39 is 12.0 Å². The van der Waals surface area contributed by atoms with E-state index in [4.69, 9.17) is 31.1 Å². The van der Waals surface area contributed by atoms with Crippen LogP contribution in [0.3, 0.4) is 0 Å². The number of esters is 1. The highest BCUT2D eigenvalue weighted by atomic mass is 35.5. The Bertz CT molecular complexity index is 1060. The minimum absolute atomic E-state index is 0.279. The molecule has 0 radical (unpaired) electrons. The molecule has 2 atom stereocenters. The fraction of sp³-hybridized carbons (Fsp3) is 0.483. The molecule has 0 bridgehead atoms. The molecule has 2 aromatic rings. The number of aliphatic imine (C=N–C) groups is 2. The lowest BCUT2D eigenvalue weighted by Crippen LogP contribution is -2.38. The highest BCUT2D eigenvalue weighted by molar-refractivity contribution is 8.13. The van der Waals surface area contributed by atoms with Crippen molar-refractivity contribution < 1.29 is 14.3 Å². The molecule has 4 rings (SSSR count). The Morgan fingerprint density at radius 1 is 1.05 bits per heavy atom. The Morgan fingerprint density at radius 2 is 1.81 bits per heavy atom. The van der Waals surface area contributed by atoms with Crippen molar-refractivity contribution in [2.24, 2.45) is 15.9 Å². The first-order valence-corrected chi connectivity index (χ1v) is 14.7. The summed E-state index contributed by atoms with van der Waals surface area (Å²) in [6, 6.07) is 17.3. The van der Waals surface area contributed by atoms with Crippen molar-refractivity contribution in [3.05, 3.63) is 70.7 Å². The second-order valence-corrected chi connectivity index (χ2v) is 10.6. The van der Waals surface area contributed by atoms with Gasteiger partial charge in [0.2, 0.25) is 0 Å². The number of aryl methyl sites for hydroxylation is 1. The molecule has 2 heterocycles. The fourth-order valence-corrected chi connectivity index (χ4v) is 5.30. The van der Waals surface area contributed by atoms with Gasteiger partial charge in [0.15, 0.2) is 5.17 Å². The maximum Gasteiger partial charge on any atom is 0.317 e. The molecule has 198 valence electrons. The number of likely N-dealkylation sites (tertiary alicyclic amines) is 1. The third-order valence-electron chi connectivity index (χ3n) is 6.76. The van der Waals surface area contributed by atoms with E-state index in [-0.39, 0.29) is 12.6 Å². The van der Waals surface area contributed by atoms with Crippen LogP contribution in [0.15, 0.2) is 64.6 Å². The number of halogens is 1. The number of amidine groups is 1. The first-order valence-electron chi connectivity index (χ1n) is 13.1. The van der Waals surface area contributed by atoms with Gasteiger partial charge in [-0.05, 0) is 68.3 Å². The number of carbonyl (C=O) groups is 1. The van der Waals surface area contributed by atoms with Crippen LogP contribution < -0.4 is 0 Å². The van der Waals surface area contributed by atoms with Gasteiger partial charge in [0.05, 0.1) is 31.6 Å². The van der Waals surface area contributed by atoms with E-state index in [1.807, 2.05) is 48.7 Å². The van der Waals surface area contributed by atoms with Gasteiger partial charge in [0.25, 0.3) is 0 Å². The summed E-state index contributed by atoms with van der Waals surface area (Å²) < 4.78 is 11.9. The van der Waals surface area contributed by atoms with Gasteiger partial charge in [0, 0.05) is 11.6 Å². The molecule has 8 heteroatoms. The third-order valence-corrected chi connectivity index (χ3v) is 7.57. The zero-order chi connectivity index (χ0) is 25.9. The van der Waals surface area contributed by atoms with Crippen LogP contribution in [0.4, 0.5) is 0 Å². The van der Waals surface area contributed by atoms with Gasteiger partial charge < -0.3 is 14.4 Å². The van der Waals surface area contributed by atoms with Crippen LogP contribution in [0.2, 0.25) is 5.02 Å². The molecular formula is C29H36ClN3O3S. The van der Waals surface area contributed by atoms with Gasteiger partial charge in [-0.3, -0.25) is 9.79 Å². The first-order chi connectivity index (χ1) is 18.1. The second-order valence-electron chi connectivity index (χ2n) is 9.40. The number of piperidine rings is 1. The van der Waals surface area contributed by atoms with Crippen LogP contribution in [0.5, 0.6) is 0 Å². The molecule has 1 saturated heterocycles. The molecule has 0 N–H and O–H groups in total. The lowest BCUT2D eigenvalue weighted by molar-refractivity contribution is -0.147. The number of hydrogen-bond acceptors (Lipinski definition) is 7. The molecule has 0 amide bonds. The van der Waals surface area contributed by atoms with Crippen LogP contribution in [0, 0.1) is 5.92 Å². The molecular weight excluding hydrogens is 506 g/mol. The van der Waals surface area contributed by atoms with E-state index in [0.717, 1.165) is 38.0 Å². The Hall–Kier alpha value is -2.19. The molecule has 6 nitrogen and oxygen atoms in total. The summed E-state index contributed by atoms with van der Waals surface area (Å²) >= 11 is 7.60. The molecule has 1 fully saturated rings. The summed E-state index contributed by atoms with van der Waals surface area (Å²) in [6.07, 6.45) is 7.37. The van der Waals surface area contributed by atoms with Gasteiger partial charge in [-0.25, -0.2) is 4.99 Å². The van der Waals surface area contributed by atoms with Gasteiger partial charge >= 0.3 is 5.97 Å². The summed E-state index contributed by atoms with van der Waals surface area (Å²) in [5, 5.41) is 1.28. The highest BCUT2D eigenvalue weighted by Crippen LogP contribution is 2.34. The summed E-state index contributed by atoms with van der Waals surface area (Å²) in [5.74, 6) is -0.945. The van der Waals surface area contributed by atoms with E-state index in [1.54, 1.807) is 0 Å². The number of nitrogens with zero attached hydrogens (tertiary/aromatic N) is 3. The molecule has 0 spiro atoms. The highest BCUT2D eigenvalue weighted by Gasteiger charge is 2.38. The van der Waals surface area contributed by atoms with Gasteiger partial charge in [-0.2, -0.15) is 0 Å². The molecule has 0 saturated carbocycles. The smallest absolute Gasteiger partial charge is 0.317 e. The molecule has 0 aliphatic carbocycles. The lowest BCUT2D eigenvalue weighted by atomic mass is 9.88. The number of benzene rings is 2. The van der Waals surface area contributed by atoms with Crippen molar-refractivity contribution in [3.63, 3.8) is 0 Å². The maximum absolute atomic E-state index is 13.5. The van der Waals surface area contributed by atoms with Gasteiger partial charge in [-0.15, -0.1) is 0 Å². The minimum Gasteiger partial charge on any atom is -0.465 e. The SMILES string of the molecule is CSC1=NC(c2ccc(Cl)cc2)C(C(=O)OCCCc2ccccc2)C(COCCN2CCCCC2)=N1. The zero-order valence-corrected chi connectivity index (χ0v) is 23.1. The van der Waals surface area contributed by atoms with Crippen molar-refractivity contribution in [3.8, 4) is 0 Å². The number of carbonyl (C=O) groups excluding carboxylic acids is 1. The standard InChI is InChI=1S/C29H36ClN3O3S/c1-37-29-31-25(21-35-20-18-33-16-6-3-7-17-33)26(27(32-29)23-12-14-24(30)15-13-23)28(34)36-19-8-11-22-9-4-2-5-10-22/h2,4-5,9-10,12-15,26-27H,3,6-8,11,16-21H2,1H3. The maximum atomic E-state index is 13.5. The zero-order valence-electron chi connectivity index (χ0n) is 21.5. The Labute approximate surface area is 229 Å². The van der Waals surface area contributed by atoms with Crippen molar-refractivity contribution in [1.82, 2.24) is 4.90 Å².